The highest BCUT2D eigenvalue weighted by molar-refractivity contribution is 6.09. The molecule has 0 saturated heterocycles. The summed E-state index contributed by atoms with van der Waals surface area (Å²) < 4.78 is 0. The van der Waals surface area contributed by atoms with Gasteiger partial charge in [0.05, 0.1) is 49.8 Å². The Labute approximate surface area is 406 Å². The molecule has 4 heterocycles. The third-order valence-corrected chi connectivity index (χ3v) is 12.4. The summed E-state index contributed by atoms with van der Waals surface area (Å²) in [6.07, 6.45) is 11.3. The smallest absolute Gasteiger partial charge is 0.277 e. The van der Waals surface area contributed by atoms with Gasteiger partial charge in [0, 0.05) is 53.6 Å². The van der Waals surface area contributed by atoms with E-state index < -0.39 is 66.0 Å². The number of rotatable bonds is 15. The molecule has 5 atom stereocenters. The number of benzene rings is 3. The van der Waals surface area contributed by atoms with Crippen LogP contribution in [0.1, 0.15) is 114 Å². The first-order chi connectivity index (χ1) is 33.5. The number of imidazole rings is 2. The first-order valence-electron chi connectivity index (χ1n) is 23.2. The van der Waals surface area contributed by atoms with E-state index >= 15 is 0 Å². The van der Waals surface area contributed by atoms with Crippen molar-refractivity contribution in [1.29, 1.82) is 0 Å². The third-order valence-electron chi connectivity index (χ3n) is 12.4. The zero-order valence-electron chi connectivity index (χ0n) is 40.0. The van der Waals surface area contributed by atoms with Crippen LogP contribution < -0.4 is 15.5 Å². The number of anilines is 1. The SMILES string of the molecule is CC(C)(C)NC(=O)C(c1cccnc1)N(C(=O)c1cnc[nH]1)[C@@H]1c2cccc(-c3ccc(CC(CO)NC(=O)C(c4cccnc4)N(C(=O)c4cnc[nH]4)c4ccc(C(C)(C)C)cc4)cc3)c2C[C@@H]1O. The zero-order valence-corrected chi connectivity index (χ0v) is 40.0. The maximum absolute atomic E-state index is 14.7. The standard InChI is InChI=1S/C54H58N10O6/c1-53(2,3)37-18-20-39(21-19-37)63(51(69)43-28-57-31-59-43)46(35-10-8-22-55-26-35)49(67)61-38(30-65)24-33-14-16-34(17-15-33)40-12-7-13-41-42(40)25-45(66)48(41)64(52(70)44-29-58-32-60-44)47(36-11-9-23-56-27-36)50(68)62-54(4,5)6/h7-23,26-29,31-32,38,45-48,65-66H,24-25,30H2,1-6H3,(H,57,59)(H,58,60)(H,61,67)(H,62,68)/t38?,45-,46?,47?,48+/m0/s1. The predicted octanol–water partition coefficient (Wildman–Crippen LogP) is 6.75. The number of pyridine rings is 2. The number of amides is 4. The van der Waals surface area contributed by atoms with Crippen LogP contribution in [-0.2, 0) is 27.8 Å². The first-order valence-corrected chi connectivity index (χ1v) is 23.2. The number of aromatic nitrogens is 6. The second-order valence-electron chi connectivity index (χ2n) is 19.6. The number of hydrogen-bond donors (Lipinski definition) is 6. The van der Waals surface area contributed by atoms with Gasteiger partial charge in [-0.3, -0.25) is 34.0 Å². The molecule has 4 aromatic heterocycles. The summed E-state index contributed by atoms with van der Waals surface area (Å²) in [5.41, 5.74) is 6.01. The summed E-state index contributed by atoms with van der Waals surface area (Å²) in [6, 6.07) is 23.8. The van der Waals surface area contributed by atoms with Crippen molar-refractivity contribution in [2.75, 3.05) is 11.5 Å². The molecule has 3 unspecified atom stereocenters. The van der Waals surface area contributed by atoms with Gasteiger partial charge in [-0.1, -0.05) is 87.5 Å². The van der Waals surface area contributed by atoms with E-state index in [1.54, 1.807) is 49.1 Å². The number of nitrogens with zero attached hydrogens (tertiary/aromatic N) is 6. The Morgan fingerprint density at radius 2 is 1.33 bits per heavy atom. The molecule has 4 amide bonds. The Balaban J connectivity index is 1.08. The quantitative estimate of drug-likeness (QED) is 0.0635. The van der Waals surface area contributed by atoms with Crippen LogP contribution >= 0.6 is 0 Å². The van der Waals surface area contributed by atoms with Crippen molar-refractivity contribution in [2.45, 2.75) is 95.6 Å². The number of hydrogen-bond acceptors (Lipinski definition) is 10. The van der Waals surface area contributed by atoms with Crippen LogP contribution in [-0.4, -0.2) is 92.9 Å². The largest absolute Gasteiger partial charge is 0.394 e. The highest BCUT2D eigenvalue weighted by Gasteiger charge is 2.46. The molecule has 6 N–H and O–H groups in total. The number of aliphatic hydroxyl groups is 2. The van der Waals surface area contributed by atoms with Gasteiger partial charge < -0.3 is 35.7 Å². The van der Waals surface area contributed by atoms with E-state index in [-0.39, 0.29) is 29.6 Å². The number of nitrogens with one attached hydrogen (secondary N) is 4. The normalized spacial score (nSPS) is 15.8. The van der Waals surface area contributed by atoms with Gasteiger partial charge in [0.25, 0.3) is 11.8 Å². The molecule has 0 saturated carbocycles. The highest BCUT2D eigenvalue weighted by atomic mass is 16.3. The molecule has 16 nitrogen and oxygen atoms in total. The number of H-pyrrole nitrogens is 2. The van der Waals surface area contributed by atoms with Gasteiger partial charge in [-0.2, -0.15) is 0 Å². The van der Waals surface area contributed by atoms with Crippen LogP contribution in [0.25, 0.3) is 11.1 Å². The molecule has 1 aliphatic rings. The van der Waals surface area contributed by atoms with E-state index in [2.05, 4.69) is 61.3 Å². The van der Waals surface area contributed by atoms with Crippen LogP contribution in [0.3, 0.4) is 0 Å². The molecule has 0 spiro atoms. The molecular formula is C54H58N10O6. The Morgan fingerprint density at radius 3 is 1.87 bits per heavy atom. The van der Waals surface area contributed by atoms with E-state index in [9.17, 15) is 29.4 Å². The Bertz CT molecular complexity index is 2900. The molecule has 16 heteroatoms. The van der Waals surface area contributed by atoms with Crippen molar-refractivity contribution in [3.63, 3.8) is 0 Å². The van der Waals surface area contributed by atoms with Crippen LogP contribution in [0, 0.1) is 0 Å². The molecule has 1 aliphatic carbocycles. The monoisotopic (exact) mass is 942 g/mol. The molecule has 0 radical (unpaired) electrons. The van der Waals surface area contributed by atoms with E-state index in [1.807, 2.05) is 87.5 Å². The van der Waals surface area contributed by atoms with Crippen LogP contribution in [0.2, 0.25) is 0 Å². The van der Waals surface area contributed by atoms with Gasteiger partial charge >= 0.3 is 0 Å². The van der Waals surface area contributed by atoms with Crippen molar-refractivity contribution in [3.05, 3.63) is 186 Å². The summed E-state index contributed by atoms with van der Waals surface area (Å²) >= 11 is 0. The van der Waals surface area contributed by atoms with Gasteiger partial charge in [0.2, 0.25) is 11.8 Å². The molecule has 0 aliphatic heterocycles. The second kappa shape index (κ2) is 20.4. The lowest BCUT2D eigenvalue weighted by Gasteiger charge is -2.38. The fourth-order valence-corrected chi connectivity index (χ4v) is 9.08. The number of fused-ring (bicyclic) bond motifs is 1. The lowest BCUT2D eigenvalue weighted by molar-refractivity contribution is -0.129. The van der Waals surface area contributed by atoms with Crippen molar-refractivity contribution in [2.24, 2.45) is 0 Å². The lowest BCUT2D eigenvalue weighted by atomic mass is 9.87. The Hall–Kier alpha value is -7.82. The van der Waals surface area contributed by atoms with Gasteiger partial charge in [0.1, 0.15) is 23.5 Å². The zero-order chi connectivity index (χ0) is 49.7. The molecular weight excluding hydrogens is 885 g/mol. The van der Waals surface area contributed by atoms with Crippen LogP contribution in [0.5, 0.6) is 0 Å². The third kappa shape index (κ3) is 10.6. The van der Waals surface area contributed by atoms with E-state index in [4.69, 9.17) is 0 Å². The summed E-state index contributed by atoms with van der Waals surface area (Å²) in [5, 5.41) is 28.8. The fourth-order valence-electron chi connectivity index (χ4n) is 9.08. The summed E-state index contributed by atoms with van der Waals surface area (Å²) in [4.78, 5) is 83.3. The second-order valence-corrected chi connectivity index (χ2v) is 19.6. The van der Waals surface area contributed by atoms with Gasteiger partial charge in [-0.15, -0.1) is 0 Å². The highest BCUT2D eigenvalue weighted by Crippen LogP contribution is 2.45. The Kier molecular flexibility index (Phi) is 14.2. The molecule has 70 heavy (non-hydrogen) atoms. The van der Waals surface area contributed by atoms with E-state index in [1.165, 1.54) is 34.8 Å². The number of aliphatic hydroxyl groups excluding tert-OH is 2. The van der Waals surface area contributed by atoms with Crippen LogP contribution in [0.4, 0.5) is 5.69 Å². The number of carbonyl (C=O) groups excluding carboxylic acids is 4. The van der Waals surface area contributed by atoms with Crippen molar-refractivity contribution < 1.29 is 29.4 Å². The number of aromatic amines is 2. The van der Waals surface area contributed by atoms with E-state index in [0.29, 0.717) is 22.4 Å². The number of carbonyl (C=O) groups is 4. The average Bonchev–Trinajstić information content (AvgIpc) is 4.15. The van der Waals surface area contributed by atoms with Crippen molar-refractivity contribution >= 4 is 29.3 Å². The minimum atomic E-state index is -1.18. The van der Waals surface area contributed by atoms with Crippen molar-refractivity contribution in [1.82, 2.24) is 45.4 Å². The van der Waals surface area contributed by atoms with Gasteiger partial charge in [0.15, 0.2) is 0 Å². The molecule has 7 aromatic rings. The summed E-state index contributed by atoms with van der Waals surface area (Å²) in [7, 11) is 0. The van der Waals surface area contributed by atoms with Crippen LogP contribution in [0.15, 0.2) is 141 Å². The fraction of sp³-hybridized carbons (Fsp3) is 0.296. The first kappa shape index (κ1) is 48.6. The average molecular weight is 943 g/mol. The topological polar surface area (TPSA) is 222 Å². The summed E-state index contributed by atoms with van der Waals surface area (Å²) in [6.45, 7) is 11.5. The molecule has 0 fully saturated rings. The van der Waals surface area contributed by atoms with Crippen molar-refractivity contribution in [3.8, 4) is 11.1 Å². The minimum absolute atomic E-state index is 0.153. The summed E-state index contributed by atoms with van der Waals surface area (Å²) in [5.74, 6) is -1.96. The molecule has 8 rings (SSSR count). The molecule has 0 bridgehead atoms. The van der Waals surface area contributed by atoms with Gasteiger partial charge in [-0.05, 0) is 90.3 Å². The Morgan fingerprint density at radius 1 is 0.714 bits per heavy atom. The predicted molar refractivity (Wildman–Crippen MR) is 264 cm³/mol. The maximum Gasteiger partial charge on any atom is 0.277 e. The molecule has 3 aromatic carbocycles. The van der Waals surface area contributed by atoms with Gasteiger partial charge in [-0.25, -0.2) is 9.97 Å². The molecule has 360 valence electrons. The maximum atomic E-state index is 14.7. The lowest BCUT2D eigenvalue weighted by Crippen LogP contribution is -2.51. The van der Waals surface area contributed by atoms with E-state index in [0.717, 1.165) is 27.8 Å². The minimum Gasteiger partial charge on any atom is -0.394 e.